The lowest BCUT2D eigenvalue weighted by molar-refractivity contribution is -0.384. The summed E-state index contributed by atoms with van der Waals surface area (Å²) < 4.78 is 0.314. The molecule has 0 aliphatic carbocycles. The van der Waals surface area contributed by atoms with E-state index in [0.717, 1.165) is 37.4 Å². The predicted octanol–water partition coefficient (Wildman–Crippen LogP) is 2.60. The lowest BCUT2D eigenvalue weighted by Crippen LogP contribution is -2.26. The number of nitrogens with two attached hydrogens (primary N) is 1. The molecule has 1 aliphatic heterocycles. The molecule has 116 valence electrons. The minimum atomic E-state index is -0.403. The van der Waals surface area contributed by atoms with Crippen molar-refractivity contribution in [3.05, 3.63) is 33.9 Å². The first-order valence-electron chi connectivity index (χ1n) is 7.01. The van der Waals surface area contributed by atoms with Gasteiger partial charge in [-0.15, -0.1) is 0 Å². The quantitative estimate of drug-likeness (QED) is 0.505. The average molecular weight is 310 g/mol. The van der Waals surface area contributed by atoms with Crippen molar-refractivity contribution in [1.82, 2.24) is 4.90 Å². The number of nitrogens with zero attached hydrogens (tertiary/aromatic N) is 2. The highest BCUT2D eigenvalue weighted by Crippen LogP contribution is 2.31. The van der Waals surface area contributed by atoms with Gasteiger partial charge in [-0.2, -0.15) is 11.8 Å². The highest BCUT2D eigenvalue weighted by molar-refractivity contribution is 8.00. The summed E-state index contributed by atoms with van der Waals surface area (Å²) in [5.74, 6) is 6.40. The van der Waals surface area contributed by atoms with Gasteiger partial charge in [0.05, 0.1) is 4.92 Å². The van der Waals surface area contributed by atoms with Gasteiger partial charge >= 0.3 is 0 Å². The molecule has 0 saturated carbocycles. The maximum absolute atomic E-state index is 11.1. The number of hydrogen-bond donors (Lipinski definition) is 2. The van der Waals surface area contributed by atoms with Crippen molar-refractivity contribution in [2.75, 3.05) is 24.3 Å². The van der Waals surface area contributed by atoms with Gasteiger partial charge < -0.3 is 5.43 Å². The van der Waals surface area contributed by atoms with Gasteiger partial charge in [0.25, 0.3) is 5.69 Å². The summed E-state index contributed by atoms with van der Waals surface area (Å²) in [6.45, 7) is 7.31. The van der Waals surface area contributed by atoms with Crippen molar-refractivity contribution < 1.29 is 4.92 Å². The summed E-state index contributed by atoms with van der Waals surface area (Å²) in [6.07, 6.45) is 1.13. The normalized spacial score (nSPS) is 19.0. The van der Waals surface area contributed by atoms with Crippen LogP contribution >= 0.6 is 11.8 Å². The second-order valence-corrected chi connectivity index (χ2v) is 7.69. The number of nitro groups is 1. The Hall–Kier alpha value is -1.31. The summed E-state index contributed by atoms with van der Waals surface area (Å²) in [7, 11) is 0. The second-order valence-electron chi connectivity index (χ2n) is 5.89. The Kier molecular flexibility index (Phi) is 5.08. The molecule has 0 radical (unpaired) electrons. The molecule has 0 unspecified atom stereocenters. The zero-order valence-corrected chi connectivity index (χ0v) is 13.3. The van der Waals surface area contributed by atoms with Crippen LogP contribution in [0.3, 0.4) is 0 Å². The van der Waals surface area contributed by atoms with Crippen LogP contribution in [-0.4, -0.2) is 33.4 Å². The summed E-state index contributed by atoms with van der Waals surface area (Å²) in [5.41, 5.74) is 3.69. The van der Waals surface area contributed by atoms with E-state index in [1.807, 2.05) is 17.8 Å². The van der Waals surface area contributed by atoms with Gasteiger partial charge in [-0.1, -0.05) is 19.9 Å². The van der Waals surface area contributed by atoms with Gasteiger partial charge in [-0.25, -0.2) is 0 Å². The third kappa shape index (κ3) is 4.33. The van der Waals surface area contributed by atoms with E-state index in [0.29, 0.717) is 10.4 Å². The number of nitrogens with one attached hydrogen (secondary N) is 1. The van der Waals surface area contributed by atoms with E-state index in [-0.39, 0.29) is 5.69 Å². The van der Waals surface area contributed by atoms with Gasteiger partial charge in [-0.3, -0.25) is 20.9 Å². The smallest absolute Gasteiger partial charge is 0.293 e. The van der Waals surface area contributed by atoms with Gasteiger partial charge in [-0.05, 0) is 24.6 Å². The molecule has 1 aromatic rings. The lowest BCUT2D eigenvalue weighted by Gasteiger charge is -2.22. The van der Waals surface area contributed by atoms with Gasteiger partial charge in [0.15, 0.2) is 0 Å². The molecule has 3 N–H and O–H groups in total. The molecular formula is C14H22N4O2S. The first kappa shape index (κ1) is 16.1. The first-order chi connectivity index (χ1) is 9.91. The number of hydrogen-bond acceptors (Lipinski definition) is 6. The van der Waals surface area contributed by atoms with Crippen LogP contribution in [0.5, 0.6) is 0 Å². The molecular weight excluding hydrogens is 288 g/mol. The lowest BCUT2D eigenvalue weighted by atomic mass is 10.1. The standard InChI is InChI=1S/C14H22N4O2S/c1-14(2)5-6-17(7-8-21-14)10-11-3-4-12(16-15)13(9-11)18(19)20/h3-4,9,16H,5-8,10,15H2,1-2H3. The highest BCUT2D eigenvalue weighted by Gasteiger charge is 2.24. The minimum absolute atomic E-state index is 0.0273. The summed E-state index contributed by atoms with van der Waals surface area (Å²) in [5, 5.41) is 11.1. The molecule has 1 heterocycles. The van der Waals surface area contributed by atoms with Crippen molar-refractivity contribution in [3.8, 4) is 0 Å². The zero-order valence-electron chi connectivity index (χ0n) is 12.5. The monoisotopic (exact) mass is 310 g/mol. The minimum Gasteiger partial charge on any atom is -0.318 e. The molecule has 1 fully saturated rings. The number of benzene rings is 1. The predicted molar refractivity (Wildman–Crippen MR) is 87.3 cm³/mol. The fraction of sp³-hybridized carbons (Fsp3) is 0.571. The van der Waals surface area contributed by atoms with Crippen LogP contribution in [0, 0.1) is 10.1 Å². The summed E-state index contributed by atoms with van der Waals surface area (Å²) in [4.78, 5) is 13.0. The molecule has 21 heavy (non-hydrogen) atoms. The molecule has 1 aliphatic rings. The van der Waals surface area contributed by atoms with Crippen molar-refractivity contribution in [2.45, 2.75) is 31.6 Å². The van der Waals surface area contributed by atoms with Gasteiger partial charge in [0.2, 0.25) is 0 Å². The number of thioether (sulfide) groups is 1. The second kappa shape index (κ2) is 6.64. The number of hydrazine groups is 1. The van der Waals surface area contributed by atoms with Crippen LogP contribution < -0.4 is 11.3 Å². The van der Waals surface area contributed by atoms with E-state index in [4.69, 9.17) is 5.84 Å². The van der Waals surface area contributed by atoms with Crippen LogP contribution in [0.1, 0.15) is 25.8 Å². The highest BCUT2D eigenvalue weighted by atomic mass is 32.2. The van der Waals surface area contributed by atoms with Crippen LogP contribution in [0.25, 0.3) is 0 Å². The largest absolute Gasteiger partial charge is 0.318 e. The molecule has 2 rings (SSSR count). The van der Waals surface area contributed by atoms with E-state index in [9.17, 15) is 10.1 Å². The van der Waals surface area contributed by atoms with Crippen molar-refractivity contribution in [1.29, 1.82) is 0 Å². The van der Waals surface area contributed by atoms with E-state index >= 15 is 0 Å². The van der Waals surface area contributed by atoms with Crippen LogP contribution in [0.15, 0.2) is 18.2 Å². The molecule has 7 heteroatoms. The average Bonchev–Trinajstić information content (AvgIpc) is 2.60. The molecule has 0 bridgehead atoms. The number of anilines is 1. The van der Waals surface area contributed by atoms with Gasteiger partial charge in [0.1, 0.15) is 5.69 Å². The maximum atomic E-state index is 11.1. The van der Waals surface area contributed by atoms with Crippen LogP contribution in [0.4, 0.5) is 11.4 Å². The van der Waals surface area contributed by atoms with Crippen LogP contribution in [0.2, 0.25) is 0 Å². The zero-order chi connectivity index (χ0) is 15.5. The summed E-state index contributed by atoms with van der Waals surface area (Å²) >= 11 is 1.99. The number of rotatable bonds is 4. The molecule has 0 amide bonds. The van der Waals surface area contributed by atoms with Crippen molar-refractivity contribution in [2.24, 2.45) is 5.84 Å². The Morgan fingerprint density at radius 1 is 1.48 bits per heavy atom. The number of nitro benzene ring substituents is 1. The Morgan fingerprint density at radius 2 is 2.24 bits per heavy atom. The van der Waals surface area contributed by atoms with E-state index in [1.54, 1.807) is 12.1 Å². The summed E-state index contributed by atoms with van der Waals surface area (Å²) in [6, 6.07) is 5.17. The van der Waals surface area contributed by atoms with Gasteiger partial charge in [0, 0.05) is 29.7 Å². The van der Waals surface area contributed by atoms with Crippen molar-refractivity contribution in [3.63, 3.8) is 0 Å². The SMILES string of the molecule is CC1(C)CCN(Cc2ccc(NN)c([N+](=O)[O-])c2)CCS1. The Bertz CT molecular complexity index is 522. The molecule has 1 aromatic carbocycles. The van der Waals surface area contributed by atoms with E-state index in [2.05, 4.69) is 24.2 Å². The van der Waals surface area contributed by atoms with Crippen molar-refractivity contribution >= 4 is 23.1 Å². The topological polar surface area (TPSA) is 84.4 Å². The molecule has 0 aromatic heterocycles. The molecule has 1 saturated heterocycles. The molecule has 6 nitrogen and oxygen atoms in total. The Morgan fingerprint density at radius 3 is 2.90 bits per heavy atom. The third-order valence-electron chi connectivity index (χ3n) is 3.75. The third-order valence-corrected chi connectivity index (χ3v) is 5.12. The Balaban J connectivity index is 2.09. The first-order valence-corrected chi connectivity index (χ1v) is 8.00. The maximum Gasteiger partial charge on any atom is 0.293 e. The van der Waals surface area contributed by atoms with Crippen LogP contribution in [-0.2, 0) is 6.54 Å². The fourth-order valence-corrected chi connectivity index (χ4v) is 3.57. The number of nitrogen functional groups attached to an aromatic ring is 1. The fourth-order valence-electron chi connectivity index (χ4n) is 2.43. The molecule has 0 spiro atoms. The van der Waals surface area contributed by atoms with E-state index < -0.39 is 4.92 Å². The Labute approximate surface area is 129 Å². The molecule has 0 atom stereocenters. The van der Waals surface area contributed by atoms with E-state index in [1.165, 1.54) is 0 Å².